The predicted octanol–water partition coefficient (Wildman–Crippen LogP) is 0.854. The van der Waals surface area contributed by atoms with E-state index in [-0.39, 0.29) is 12.0 Å². The highest BCUT2D eigenvalue weighted by molar-refractivity contribution is 6.31. The number of halogens is 1. The van der Waals surface area contributed by atoms with E-state index in [1.54, 1.807) is 6.20 Å². The second kappa shape index (κ2) is 3.53. The zero-order valence-electron chi connectivity index (χ0n) is 8.03. The highest BCUT2D eigenvalue weighted by atomic mass is 35.5. The molecule has 1 aromatic rings. The molecule has 5 heteroatoms. The molecule has 0 amide bonds. The predicted molar refractivity (Wildman–Crippen MR) is 52.3 cm³/mol. The third kappa shape index (κ3) is 1.54. The molecular weight excluding hydrogens is 204 g/mol. The molecule has 1 saturated heterocycles. The van der Waals surface area contributed by atoms with Crippen molar-refractivity contribution in [3.8, 4) is 0 Å². The molecule has 4 nitrogen and oxygen atoms in total. The summed E-state index contributed by atoms with van der Waals surface area (Å²) in [7, 11) is 0. The second-order valence-electron chi connectivity index (χ2n) is 3.89. The van der Waals surface area contributed by atoms with E-state index in [1.807, 2.05) is 11.6 Å². The summed E-state index contributed by atoms with van der Waals surface area (Å²) in [6, 6.07) is 0. The van der Waals surface area contributed by atoms with Gasteiger partial charge in [-0.05, 0) is 6.92 Å². The summed E-state index contributed by atoms with van der Waals surface area (Å²) in [5, 5.41) is 14.1. The quantitative estimate of drug-likeness (QED) is 0.815. The van der Waals surface area contributed by atoms with Gasteiger partial charge in [-0.25, -0.2) is 0 Å². The van der Waals surface area contributed by atoms with E-state index in [9.17, 15) is 5.11 Å². The van der Waals surface area contributed by atoms with E-state index < -0.39 is 0 Å². The molecule has 0 bridgehead atoms. The van der Waals surface area contributed by atoms with Gasteiger partial charge < -0.3 is 9.84 Å². The Hall–Kier alpha value is -0.580. The number of aliphatic hydroxyl groups excluding tert-OH is 1. The van der Waals surface area contributed by atoms with E-state index in [4.69, 9.17) is 16.3 Å². The molecule has 0 spiro atoms. The minimum atomic E-state index is -0.153. The molecule has 0 unspecified atom stereocenters. The van der Waals surface area contributed by atoms with Crippen molar-refractivity contribution < 1.29 is 9.84 Å². The molecule has 1 N–H and O–H groups in total. The maximum absolute atomic E-state index is 9.24. The summed E-state index contributed by atoms with van der Waals surface area (Å²) in [5.41, 5.74) is 0.784. The van der Waals surface area contributed by atoms with Crippen molar-refractivity contribution in [2.45, 2.75) is 13.5 Å². The molecule has 0 aromatic carbocycles. The number of rotatable bonds is 3. The zero-order valence-corrected chi connectivity index (χ0v) is 8.79. The fourth-order valence-electron chi connectivity index (χ4n) is 1.52. The van der Waals surface area contributed by atoms with Gasteiger partial charge in [-0.3, -0.25) is 4.68 Å². The first kappa shape index (κ1) is 9.96. The molecule has 0 saturated carbocycles. The number of hydrogen-bond acceptors (Lipinski definition) is 3. The standard InChI is InChI=1S/C9H13ClN2O2/c1-7-8(10)2-11-12(7)3-9(4-13)5-14-6-9/h2,13H,3-6H2,1H3. The van der Waals surface area contributed by atoms with Crippen LogP contribution in [-0.2, 0) is 11.3 Å². The lowest BCUT2D eigenvalue weighted by Gasteiger charge is -2.39. The first-order valence-corrected chi connectivity index (χ1v) is 4.91. The lowest BCUT2D eigenvalue weighted by molar-refractivity contribution is -0.146. The molecule has 0 aliphatic carbocycles. The second-order valence-corrected chi connectivity index (χ2v) is 4.29. The van der Waals surface area contributed by atoms with Crippen molar-refractivity contribution in [3.05, 3.63) is 16.9 Å². The molecule has 14 heavy (non-hydrogen) atoms. The summed E-state index contributed by atoms with van der Waals surface area (Å²) in [6.45, 7) is 3.91. The fourth-order valence-corrected chi connectivity index (χ4v) is 1.67. The van der Waals surface area contributed by atoms with Crippen LogP contribution in [0, 0.1) is 12.3 Å². The van der Waals surface area contributed by atoms with Crippen molar-refractivity contribution in [1.29, 1.82) is 0 Å². The van der Waals surface area contributed by atoms with Gasteiger partial charge in [0.1, 0.15) is 0 Å². The van der Waals surface area contributed by atoms with Crippen LogP contribution in [0.3, 0.4) is 0 Å². The van der Waals surface area contributed by atoms with Crippen LogP contribution in [-0.4, -0.2) is 34.7 Å². The lowest BCUT2D eigenvalue weighted by atomic mass is 9.87. The molecule has 1 aliphatic rings. The number of hydrogen-bond donors (Lipinski definition) is 1. The van der Waals surface area contributed by atoms with Crippen LogP contribution < -0.4 is 0 Å². The maximum atomic E-state index is 9.24. The normalized spacial score (nSPS) is 19.4. The van der Waals surface area contributed by atoms with Gasteiger partial charge in [-0.2, -0.15) is 5.10 Å². The van der Waals surface area contributed by atoms with E-state index in [0.29, 0.717) is 24.8 Å². The molecule has 2 heterocycles. The Morgan fingerprint density at radius 3 is 2.79 bits per heavy atom. The van der Waals surface area contributed by atoms with Crippen LogP contribution in [0.15, 0.2) is 6.20 Å². The summed E-state index contributed by atoms with van der Waals surface area (Å²) in [5.74, 6) is 0. The molecule has 2 rings (SSSR count). The van der Waals surface area contributed by atoms with Crippen molar-refractivity contribution in [1.82, 2.24) is 9.78 Å². The Labute approximate surface area is 87.4 Å². The Kier molecular flexibility index (Phi) is 2.51. The van der Waals surface area contributed by atoms with Gasteiger partial charge in [-0.15, -0.1) is 0 Å². The van der Waals surface area contributed by atoms with Gasteiger partial charge in [0.15, 0.2) is 0 Å². The zero-order chi connectivity index (χ0) is 10.2. The van der Waals surface area contributed by atoms with Crippen molar-refractivity contribution in [3.63, 3.8) is 0 Å². The van der Waals surface area contributed by atoms with Gasteiger partial charge in [0.05, 0.1) is 48.7 Å². The SMILES string of the molecule is Cc1c(Cl)cnn1CC1(CO)COC1. The van der Waals surface area contributed by atoms with Gasteiger partial charge >= 0.3 is 0 Å². The van der Waals surface area contributed by atoms with Gasteiger partial charge in [0.25, 0.3) is 0 Å². The third-order valence-electron chi connectivity index (χ3n) is 2.68. The van der Waals surface area contributed by atoms with Crippen LogP contribution in [0.2, 0.25) is 5.02 Å². The van der Waals surface area contributed by atoms with E-state index >= 15 is 0 Å². The molecule has 0 radical (unpaired) electrons. The summed E-state index contributed by atoms with van der Waals surface area (Å²) < 4.78 is 6.93. The minimum Gasteiger partial charge on any atom is -0.396 e. The Morgan fingerprint density at radius 2 is 2.43 bits per heavy atom. The van der Waals surface area contributed by atoms with Crippen molar-refractivity contribution in [2.75, 3.05) is 19.8 Å². The van der Waals surface area contributed by atoms with Crippen LogP contribution >= 0.6 is 11.6 Å². The topological polar surface area (TPSA) is 47.3 Å². The van der Waals surface area contributed by atoms with Gasteiger partial charge in [-0.1, -0.05) is 11.6 Å². The van der Waals surface area contributed by atoms with Crippen molar-refractivity contribution >= 4 is 11.6 Å². The summed E-state index contributed by atoms with van der Waals surface area (Å²) in [6.07, 6.45) is 1.63. The summed E-state index contributed by atoms with van der Waals surface area (Å²) >= 11 is 5.89. The average Bonchev–Trinajstić information content (AvgIpc) is 2.42. The van der Waals surface area contributed by atoms with E-state index in [2.05, 4.69) is 5.10 Å². The molecular formula is C9H13ClN2O2. The maximum Gasteiger partial charge on any atom is 0.0814 e. The van der Waals surface area contributed by atoms with Crippen LogP contribution in [0.5, 0.6) is 0 Å². The Morgan fingerprint density at radius 1 is 1.71 bits per heavy atom. The van der Waals surface area contributed by atoms with Gasteiger partial charge in [0, 0.05) is 0 Å². The highest BCUT2D eigenvalue weighted by Gasteiger charge is 2.39. The highest BCUT2D eigenvalue weighted by Crippen LogP contribution is 2.29. The minimum absolute atomic E-state index is 0.129. The average molecular weight is 217 g/mol. The third-order valence-corrected chi connectivity index (χ3v) is 3.05. The van der Waals surface area contributed by atoms with Gasteiger partial charge in [0.2, 0.25) is 0 Å². The first-order valence-electron chi connectivity index (χ1n) is 4.53. The Balaban J connectivity index is 2.13. The smallest absolute Gasteiger partial charge is 0.0814 e. The molecule has 1 aromatic heterocycles. The van der Waals surface area contributed by atoms with Crippen molar-refractivity contribution in [2.24, 2.45) is 5.41 Å². The number of aliphatic hydroxyl groups is 1. The molecule has 0 atom stereocenters. The van der Waals surface area contributed by atoms with E-state index in [1.165, 1.54) is 0 Å². The Bertz CT molecular complexity index is 328. The first-order chi connectivity index (χ1) is 6.67. The van der Waals surface area contributed by atoms with Crippen LogP contribution in [0.4, 0.5) is 0 Å². The largest absolute Gasteiger partial charge is 0.396 e. The number of ether oxygens (including phenoxy) is 1. The number of aromatic nitrogens is 2. The van der Waals surface area contributed by atoms with Crippen LogP contribution in [0.25, 0.3) is 0 Å². The lowest BCUT2D eigenvalue weighted by Crippen LogP contribution is -2.49. The molecule has 1 aliphatic heterocycles. The monoisotopic (exact) mass is 216 g/mol. The number of nitrogens with zero attached hydrogens (tertiary/aromatic N) is 2. The molecule has 78 valence electrons. The molecule has 1 fully saturated rings. The van der Waals surface area contributed by atoms with Crippen LogP contribution in [0.1, 0.15) is 5.69 Å². The fraction of sp³-hybridized carbons (Fsp3) is 0.667. The van der Waals surface area contributed by atoms with E-state index in [0.717, 1.165) is 5.69 Å². The summed E-state index contributed by atoms with van der Waals surface area (Å²) in [4.78, 5) is 0.